The Bertz CT molecular complexity index is 1070. The molecule has 3 atom stereocenters. The van der Waals surface area contributed by atoms with Gasteiger partial charge in [-0.05, 0) is 53.6 Å². The number of fused-ring (bicyclic) bond motifs is 2. The van der Waals surface area contributed by atoms with Gasteiger partial charge in [-0.25, -0.2) is 4.39 Å². The molecule has 29 heavy (non-hydrogen) atoms. The zero-order chi connectivity index (χ0) is 21.0. The average Bonchev–Trinajstić information content (AvgIpc) is 3.02. The van der Waals surface area contributed by atoms with Crippen molar-refractivity contribution in [1.82, 2.24) is 4.98 Å². The van der Waals surface area contributed by atoms with Gasteiger partial charge in [0.15, 0.2) is 5.60 Å². The quantitative estimate of drug-likeness (QED) is 0.572. The van der Waals surface area contributed by atoms with Gasteiger partial charge in [0.1, 0.15) is 5.82 Å². The van der Waals surface area contributed by atoms with Gasteiger partial charge in [0.25, 0.3) is 0 Å². The fourth-order valence-electron chi connectivity index (χ4n) is 4.83. The van der Waals surface area contributed by atoms with Gasteiger partial charge in [0.05, 0.1) is 5.52 Å². The molecule has 0 aliphatic heterocycles. The number of halogens is 4. The van der Waals surface area contributed by atoms with Gasteiger partial charge in [-0.1, -0.05) is 38.1 Å². The van der Waals surface area contributed by atoms with Crippen LogP contribution >= 0.6 is 0 Å². The molecule has 3 unspecified atom stereocenters. The van der Waals surface area contributed by atoms with E-state index in [9.17, 15) is 22.7 Å². The SMILES string of the molecule is CC(C1(C)CCc2cc(F)ccc21)C(O)(c1ccnc2ccccc12)C(F)(F)F. The molecule has 2 aromatic carbocycles. The van der Waals surface area contributed by atoms with Crippen molar-refractivity contribution in [3.05, 3.63) is 77.2 Å². The van der Waals surface area contributed by atoms with Crippen LogP contribution < -0.4 is 0 Å². The highest BCUT2D eigenvalue weighted by Crippen LogP contribution is 2.56. The van der Waals surface area contributed by atoms with Crippen molar-refractivity contribution < 1.29 is 22.7 Å². The maximum absolute atomic E-state index is 14.5. The number of nitrogens with zero attached hydrogens (tertiary/aromatic N) is 1. The molecule has 0 saturated heterocycles. The molecular formula is C23H21F4NO. The lowest BCUT2D eigenvalue weighted by molar-refractivity contribution is -0.291. The summed E-state index contributed by atoms with van der Waals surface area (Å²) in [4.78, 5) is 4.14. The van der Waals surface area contributed by atoms with Crippen LogP contribution in [0.2, 0.25) is 0 Å². The van der Waals surface area contributed by atoms with E-state index in [1.807, 2.05) is 0 Å². The summed E-state index contributed by atoms with van der Waals surface area (Å²) in [5.74, 6) is -1.63. The molecule has 0 fully saturated rings. The van der Waals surface area contributed by atoms with Gasteiger partial charge in [0, 0.05) is 23.1 Å². The van der Waals surface area contributed by atoms with E-state index >= 15 is 0 Å². The number of pyridine rings is 1. The Morgan fingerprint density at radius 2 is 1.83 bits per heavy atom. The average molecular weight is 403 g/mol. The Hall–Kier alpha value is -2.47. The number of alkyl halides is 3. The third-order valence-electron chi connectivity index (χ3n) is 6.67. The minimum Gasteiger partial charge on any atom is -0.376 e. The van der Waals surface area contributed by atoms with Crippen LogP contribution in [0.5, 0.6) is 0 Å². The fraction of sp³-hybridized carbons (Fsp3) is 0.348. The summed E-state index contributed by atoms with van der Waals surface area (Å²) >= 11 is 0. The number of hydrogen-bond acceptors (Lipinski definition) is 2. The first-order chi connectivity index (χ1) is 13.6. The normalized spacial score (nSPS) is 22.3. The van der Waals surface area contributed by atoms with E-state index in [-0.39, 0.29) is 10.9 Å². The second kappa shape index (κ2) is 6.52. The third-order valence-corrected chi connectivity index (χ3v) is 6.67. The summed E-state index contributed by atoms with van der Waals surface area (Å²) in [5, 5.41) is 11.6. The molecular weight excluding hydrogens is 382 g/mol. The topological polar surface area (TPSA) is 33.1 Å². The minimum absolute atomic E-state index is 0.208. The van der Waals surface area contributed by atoms with E-state index in [4.69, 9.17) is 0 Å². The van der Waals surface area contributed by atoms with E-state index in [0.29, 0.717) is 29.5 Å². The Kier molecular flexibility index (Phi) is 4.46. The molecule has 0 saturated carbocycles. The minimum atomic E-state index is -4.91. The molecule has 2 nitrogen and oxygen atoms in total. The third kappa shape index (κ3) is 2.84. The van der Waals surface area contributed by atoms with Crippen LogP contribution in [-0.2, 0) is 17.4 Å². The summed E-state index contributed by atoms with van der Waals surface area (Å²) in [6, 6.07) is 11.9. The molecule has 3 aromatic rings. The molecule has 6 heteroatoms. The van der Waals surface area contributed by atoms with Crippen LogP contribution in [0.25, 0.3) is 10.9 Å². The number of aromatic nitrogens is 1. The van der Waals surface area contributed by atoms with Crippen molar-refractivity contribution in [2.24, 2.45) is 5.92 Å². The lowest BCUT2D eigenvalue weighted by atomic mass is 9.63. The molecule has 1 heterocycles. The van der Waals surface area contributed by atoms with E-state index < -0.39 is 28.9 Å². The molecule has 1 aliphatic carbocycles. The number of aliphatic hydroxyl groups is 1. The summed E-state index contributed by atoms with van der Waals surface area (Å²) in [6.07, 6.45) is -2.75. The molecule has 0 amide bonds. The standard InChI is InChI=1S/C23H21F4NO/c1-14(21(2)11-9-15-13-16(24)7-8-18(15)21)22(29,23(25,26)27)19-10-12-28-20-6-4-3-5-17(19)20/h3-8,10,12-14,29H,9,11H2,1-2H3. The van der Waals surface area contributed by atoms with Crippen LogP contribution in [0.1, 0.15) is 37.0 Å². The Morgan fingerprint density at radius 3 is 2.55 bits per heavy atom. The number of rotatable bonds is 3. The van der Waals surface area contributed by atoms with Gasteiger partial charge in [-0.15, -0.1) is 0 Å². The Labute approximate surface area is 166 Å². The molecule has 1 aromatic heterocycles. The lowest BCUT2D eigenvalue weighted by Gasteiger charge is -2.45. The number of para-hydroxylation sites is 1. The van der Waals surface area contributed by atoms with Crippen LogP contribution in [0.15, 0.2) is 54.7 Å². The maximum Gasteiger partial charge on any atom is 0.421 e. The zero-order valence-corrected chi connectivity index (χ0v) is 16.1. The number of benzene rings is 2. The second-order valence-electron chi connectivity index (χ2n) is 8.08. The largest absolute Gasteiger partial charge is 0.421 e. The van der Waals surface area contributed by atoms with E-state index in [0.717, 1.165) is 0 Å². The maximum atomic E-state index is 14.5. The van der Waals surface area contributed by atoms with Gasteiger partial charge in [0.2, 0.25) is 0 Å². The molecule has 152 valence electrons. The smallest absolute Gasteiger partial charge is 0.376 e. The lowest BCUT2D eigenvalue weighted by Crippen LogP contribution is -2.53. The molecule has 0 radical (unpaired) electrons. The Morgan fingerprint density at radius 1 is 1.10 bits per heavy atom. The summed E-state index contributed by atoms with van der Waals surface area (Å²) in [6.45, 7) is 3.16. The second-order valence-corrected chi connectivity index (χ2v) is 8.08. The monoisotopic (exact) mass is 403 g/mol. The molecule has 1 N–H and O–H groups in total. The van der Waals surface area contributed by atoms with Crippen molar-refractivity contribution in [3.8, 4) is 0 Å². The van der Waals surface area contributed by atoms with Crippen molar-refractivity contribution in [3.63, 3.8) is 0 Å². The van der Waals surface area contributed by atoms with Crippen molar-refractivity contribution >= 4 is 10.9 Å². The van der Waals surface area contributed by atoms with Crippen LogP contribution in [0, 0.1) is 11.7 Å². The predicted octanol–water partition coefficient (Wildman–Crippen LogP) is 5.66. The highest BCUT2D eigenvalue weighted by atomic mass is 19.4. The van der Waals surface area contributed by atoms with Gasteiger partial charge >= 0.3 is 6.18 Å². The molecule has 4 rings (SSSR count). The molecule has 1 aliphatic rings. The first kappa shape index (κ1) is 19.8. The van der Waals surface area contributed by atoms with E-state index in [2.05, 4.69) is 4.98 Å². The Balaban J connectivity index is 1.93. The zero-order valence-electron chi connectivity index (χ0n) is 16.1. The van der Waals surface area contributed by atoms with Gasteiger partial charge in [-0.3, -0.25) is 4.98 Å². The summed E-state index contributed by atoms with van der Waals surface area (Å²) in [5.41, 5.74) is -2.53. The number of aryl methyl sites for hydroxylation is 1. The number of hydrogen-bond donors (Lipinski definition) is 1. The highest BCUT2D eigenvalue weighted by Gasteiger charge is 2.63. The van der Waals surface area contributed by atoms with Crippen LogP contribution in [0.3, 0.4) is 0 Å². The van der Waals surface area contributed by atoms with Gasteiger partial charge in [-0.2, -0.15) is 13.2 Å². The highest BCUT2D eigenvalue weighted by molar-refractivity contribution is 5.83. The van der Waals surface area contributed by atoms with Crippen LogP contribution in [-0.4, -0.2) is 16.3 Å². The van der Waals surface area contributed by atoms with Crippen molar-refractivity contribution in [2.45, 2.75) is 43.9 Å². The van der Waals surface area contributed by atoms with Crippen molar-refractivity contribution in [1.29, 1.82) is 0 Å². The first-order valence-electron chi connectivity index (χ1n) is 9.51. The van der Waals surface area contributed by atoms with Crippen molar-refractivity contribution in [2.75, 3.05) is 0 Å². The fourth-order valence-corrected chi connectivity index (χ4v) is 4.83. The summed E-state index contributed by atoms with van der Waals surface area (Å²) in [7, 11) is 0. The first-order valence-corrected chi connectivity index (χ1v) is 9.51. The van der Waals surface area contributed by atoms with Crippen LogP contribution in [0.4, 0.5) is 17.6 Å². The van der Waals surface area contributed by atoms with E-state index in [1.165, 1.54) is 31.3 Å². The summed E-state index contributed by atoms with van der Waals surface area (Å²) < 4.78 is 57.1. The predicted molar refractivity (Wildman–Crippen MR) is 103 cm³/mol. The molecule has 0 bridgehead atoms. The molecule has 0 spiro atoms. The van der Waals surface area contributed by atoms with Gasteiger partial charge < -0.3 is 5.11 Å². The van der Waals surface area contributed by atoms with E-state index in [1.54, 1.807) is 37.3 Å².